The summed E-state index contributed by atoms with van der Waals surface area (Å²) in [5.74, 6) is 2.01. The second-order valence-electron chi connectivity index (χ2n) is 8.45. The Bertz CT molecular complexity index is 399. The molecule has 1 amide bonds. The van der Waals surface area contributed by atoms with E-state index in [1.807, 2.05) is 0 Å². The van der Waals surface area contributed by atoms with E-state index in [1.54, 1.807) is 0 Å². The summed E-state index contributed by atoms with van der Waals surface area (Å²) < 4.78 is 0. The normalized spacial score (nSPS) is 54.8. The van der Waals surface area contributed by atoms with Crippen molar-refractivity contribution in [3.63, 3.8) is 0 Å². The van der Waals surface area contributed by atoms with Crippen LogP contribution >= 0.6 is 0 Å². The van der Waals surface area contributed by atoms with Crippen LogP contribution in [0.15, 0.2) is 0 Å². The van der Waals surface area contributed by atoms with Gasteiger partial charge in [0.05, 0.1) is 5.41 Å². The highest BCUT2D eigenvalue weighted by Gasteiger charge is 2.59. The van der Waals surface area contributed by atoms with Crippen molar-refractivity contribution in [3.8, 4) is 0 Å². The van der Waals surface area contributed by atoms with Crippen LogP contribution < -0.4 is 11.1 Å². The first-order valence-corrected chi connectivity index (χ1v) is 8.03. The third kappa shape index (κ3) is 1.84. The largest absolute Gasteiger partial charge is 0.353 e. The molecule has 5 saturated carbocycles. The van der Waals surface area contributed by atoms with Crippen LogP contribution in [0, 0.1) is 22.7 Å². The van der Waals surface area contributed by atoms with Crippen molar-refractivity contribution in [2.24, 2.45) is 28.4 Å². The van der Waals surface area contributed by atoms with E-state index in [2.05, 4.69) is 12.2 Å². The molecule has 5 aliphatic carbocycles. The second kappa shape index (κ2) is 3.75. The predicted molar refractivity (Wildman–Crippen MR) is 74.4 cm³/mol. The minimum absolute atomic E-state index is 0.0154. The van der Waals surface area contributed by atoms with Gasteiger partial charge in [-0.1, -0.05) is 6.92 Å². The maximum atomic E-state index is 12.8. The maximum Gasteiger partial charge on any atom is 0.226 e. The quantitative estimate of drug-likeness (QED) is 0.801. The molecule has 0 radical (unpaired) electrons. The number of hydrogen-bond donors (Lipinski definition) is 2. The van der Waals surface area contributed by atoms with Gasteiger partial charge in [0.25, 0.3) is 0 Å². The summed E-state index contributed by atoms with van der Waals surface area (Å²) in [6, 6.07) is 0.683. The zero-order chi connectivity index (χ0) is 13.3. The van der Waals surface area contributed by atoms with Crippen molar-refractivity contribution in [2.75, 3.05) is 0 Å². The highest BCUT2D eigenvalue weighted by atomic mass is 16.2. The highest BCUT2D eigenvalue weighted by molar-refractivity contribution is 5.83. The van der Waals surface area contributed by atoms with Crippen LogP contribution in [0.1, 0.15) is 58.3 Å². The number of hydrogen-bond acceptors (Lipinski definition) is 2. The van der Waals surface area contributed by atoms with Gasteiger partial charge in [-0.25, -0.2) is 0 Å². The first-order chi connectivity index (χ1) is 8.96. The number of carbonyl (C=O) groups excluding carboxylic acids is 1. The lowest BCUT2D eigenvalue weighted by atomic mass is 9.44. The number of amides is 1. The number of carbonyl (C=O) groups is 1. The molecule has 0 saturated heterocycles. The van der Waals surface area contributed by atoms with Crippen molar-refractivity contribution in [1.29, 1.82) is 0 Å². The van der Waals surface area contributed by atoms with Crippen molar-refractivity contribution in [2.45, 2.75) is 70.4 Å². The van der Waals surface area contributed by atoms with Crippen LogP contribution in [-0.4, -0.2) is 18.0 Å². The Morgan fingerprint density at radius 3 is 2.26 bits per heavy atom. The SMILES string of the molecule is CC12CC3CC(C1)CC(C(=O)NC1CC(N)C1)(C3)C2. The maximum absolute atomic E-state index is 12.8. The van der Waals surface area contributed by atoms with E-state index in [9.17, 15) is 4.79 Å². The highest BCUT2D eigenvalue weighted by Crippen LogP contribution is 2.65. The van der Waals surface area contributed by atoms with Crippen molar-refractivity contribution >= 4 is 5.91 Å². The van der Waals surface area contributed by atoms with Crippen LogP contribution in [-0.2, 0) is 4.79 Å². The molecule has 5 fully saturated rings. The lowest BCUT2D eigenvalue weighted by Gasteiger charge is -2.60. The van der Waals surface area contributed by atoms with Gasteiger partial charge < -0.3 is 11.1 Å². The average Bonchev–Trinajstić information content (AvgIpc) is 2.23. The monoisotopic (exact) mass is 262 g/mol. The van der Waals surface area contributed by atoms with E-state index in [1.165, 1.54) is 19.3 Å². The summed E-state index contributed by atoms with van der Waals surface area (Å²) in [4.78, 5) is 12.8. The minimum atomic E-state index is -0.0154. The summed E-state index contributed by atoms with van der Waals surface area (Å²) in [5.41, 5.74) is 6.26. The minimum Gasteiger partial charge on any atom is -0.353 e. The Kier molecular flexibility index (Phi) is 2.41. The molecule has 0 aromatic rings. The molecule has 106 valence electrons. The van der Waals surface area contributed by atoms with Crippen LogP contribution in [0.25, 0.3) is 0 Å². The molecule has 3 N–H and O–H groups in total. The van der Waals surface area contributed by atoms with Crippen LogP contribution in [0.4, 0.5) is 0 Å². The zero-order valence-electron chi connectivity index (χ0n) is 12.0. The first kappa shape index (κ1) is 12.2. The molecule has 0 aromatic carbocycles. The van der Waals surface area contributed by atoms with Crippen LogP contribution in [0.5, 0.6) is 0 Å². The van der Waals surface area contributed by atoms with Gasteiger partial charge in [-0.2, -0.15) is 0 Å². The van der Waals surface area contributed by atoms with Gasteiger partial charge in [0, 0.05) is 12.1 Å². The molecular formula is C16H26N2O. The Morgan fingerprint density at radius 1 is 1.11 bits per heavy atom. The van der Waals surface area contributed by atoms with Crippen molar-refractivity contribution < 1.29 is 4.79 Å². The fraction of sp³-hybridized carbons (Fsp3) is 0.938. The Hall–Kier alpha value is -0.570. The van der Waals surface area contributed by atoms with Gasteiger partial charge in [-0.15, -0.1) is 0 Å². The van der Waals surface area contributed by atoms with Crippen molar-refractivity contribution in [1.82, 2.24) is 5.32 Å². The van der Waals surface area contributed by atoms with E-state index < -0.39 is 0 Å². The summed E-state index contributed by atoms with van der Waals surface area (Å²) in [5, 5.41) is 3.30. The van der Waals surface area contributed by atoms with E-state index in [0.29, 0.717) is 23.4 Å². The zero-order valence-corrected chi connectivity index (χ0v) is 12.0. The van der Waals surface area contributed by atoms with Gasteiger partial charge in [-0.05, 0) is 68.6 Å². The molecule has 5 aliphatic rings. The van der Waals surface area contributed by atoms with E-state index in [0.717, 1.165) is 43.9 Å². The Balaban J connectivity index is 1.51. The number of nitrogens with two attached hydrogens (primary N) is 1. The molecule has 0 aliphatic heterocycles. The molecule has 2 atom stereocenters. The standard InChI is InChI=1S/C16H26N2O/c1-15-5-10-2-11(6-15)8-16(7-10,9-15)14(19)18-13-3-12(17)4-13/h10-13H,2-9,17H2,1H3,(H,18,19). The molecule has 0 heterocycles. The Morgan fingerprint density at radius 2 is 1.74 bits per heavy atom. The molecule has 5 rings (SSSR count). The van der Waals surface area contributed by atoms with Gasteiger partial charge >= 0.3 is 0 Å². The lowest BCUT2D eigenvalue weighted by molar-refractivity contribution is -0.156. The van der Waals surface area contributed by atoms with Gasteiger partial charge in [0.1, 0.15) is 0 Å². The molecule has 4 bridgehead atoms. The second-order valence-corrected chi connectivity index (χ2v) is 8.45. The molecule has 3 nitrogen and oxygen atoms in total. The van der Waals surface area contributed by atoms with Crippen LogP contribution in [0.2, 0.25) is 0 Å². The summed E-state index contributed by atoms with van der Waals surface area (Å²) in [6.07, 6.45) is 9.53. The third-order valence-electron chi connectivity index (χ3n) is 6.35. The Labute approximate surface area is 115 Å². The molecule has 3 heteroatoms. The van der Waals surface area contributed by atoms with Gasteiger partial charge in [0.2, 0.25) is 5.91 Å². The molecule has 0 aromatic heterocycles. The summed E-state index contributed by atoms with van der Waals surface area (Å²) >= 11 is 0. The van der Waals surface area contributed by atoms with E-state index in [4.69, 9.17) is 5.73 Å². The van der Waals surface area contributed by atoms with Crippen molar-refractivity contribution in [3.05, 3.63) is 0 Å². The number of rotatable bonds is 2. The first-order valence-electron chi connectivity index (χ1n) is 8.03. The lowest BCUT2D eigenvalue weighted by Crippen LogP contribution is -2.60. The fourth-order valence-electron chi connectivity index (χ4n) is 6.10. The average molecular weight is 262 g/mol. The van der Waals surface area contributed by atoms with E-state index >= 15 is 0 Å². The molecular weight excluding hydrogens is 236 g/mol. The topological polar surface area (TPSA) is 55.1 Å². The predicted octanol–water partition coefficient (Wildman–Crippen LogP) is 2.20. The summed E-state index contributed by atoms with van der Waals surface area (Å²) in [6.45, 7) is 2.42. The van der Waals surface area contributed by atoms with E-state index in [-0.39, 0.29) is 5.41 Å². The van der Waals surface area contributed by atoms with Gasteiger partial charge in [0.15, 0.2) is 0 Å². The van der Waals surface area contributed by atoms with Crippen LogP contribution in [0.3, 0.4) is 0 Å². The number of nitrogens with one attached hydrogen (secondary N) is 1. The summed E-state index contributed by atoms with van der Waals surface area (Å²) in [7, 11) is 0. The third-order valence-corrected chi connectivity index (χ3v) is 6.35. The molecule has 2 unspecified atom stereocenters. The molecule has 19 heavy (non-hydrogen) atoms. The fourth-order valence-corrected chi connectivity index (χ4v) is 6.10. The smallest absolute Gasteiger partial charge is 0.226 e. The molecule has 0 spiro atoms. The van der Waals surface area contributed by atoms with Gasteiger partial charge in [-0.3, -0.25) is 4.79 Å².